The van der Waals surface area contributed by atoms with Crippen molar-refractivity contribution in [3.8, 4) is 0 Å². The highest BCUT2D eigenvalue weighted by molar-refractivity contribution is 7.45. The number of quaternary nitrogens is 1. The molecule has 9 heteroatoms. The summed E-state index contributed by atoms with van der Waals surface area (Å²) in [7, 11) is 1.30. The van der Waals surface area contributed by atoms with E-state index in [-0.39, 0.29) is 26.2 Å². The van der Waals surface area contributed by atoms with Gasteiger partial charge >= 0.3 is 5.97 Å². The number of likely N-dealkylation sites (N-methyl/N-ethyl adjacent to an activating group) is 1. The molecule has 0 saturated heterocycles. The Hall–Kier alpha value is -2.06. The fourth-order valence-corrected chi connectivity index (χ4v) is 6.18. The number of nitrogens with zero attached hydrogens (tertiary/aromatic N) is 1. The van der Waals surface area contributed by atoms with Gasteiger partial charge in [0.2, 0.25) is 0 Å². The maximum absolute atomic E-state index is 12.6. The molecular weight excluding hydrogens is 709 g/mol. The molecule has 0 heterocycles. The first-order valence-electron chi connectivity index (χ1n) is 21.7. The lowest BCUT2D eigenvalue weighted by molar-refractivity contribution is -0.870. The maximum atomic E-state index is 12.6. The van der Waals surface area contributed by atoms with Crippen LogP contribution in [0.15, 0.2) is 72.9 Å². The Bertz CT molecular complexity index is 1110. The number of hydrogen-bond acceptors (Lipinski definition) is 7. The second-order valence-electron chi connectivity index (χ2n) is 15.3. The third-order valence-corrected chi connectivity index (χ3v) is 9.75. The summed E-state index contributed by atoms with van der Waals surface area (Å²) >= 11 is 0. The molecule has 0 rings (SSSR count). The van der Waals surface area contributed by atoms with Gasteiger partial charge in [-0.3, -0.25) is 9.36 Å². The van der Waals surface area contributed by atoms with E-state index in [0.717, 1.165) is 51.4 Å². The van der Waals surface area contributed by atoms with Crippen LogP contribution in [0.5, 0.6) is 0 Å². The molecule has 0 aliphatic heterocycles. The molecule has 2 atom stereocenters. The molecule has 318 valence electrons. The summed E-state index contributed by atoms with van der Waals surface area (Å²) in [6, 6.07) is 0. The molecule has 0 aromatic rings. The van der Waals surface area contributed by atoms with E-state index in [4.69, 9.17) is 18.5 Å². The largest absolute Gasteiger partial charge is 0.756 e. The fraction of sp³-hybridized carbons (Fsp3) is 0.717. The summed E-state index contributed by atoms with van der Waals surface area (Å²) < 4.78 is 34.5. The van der Waals surface area contributed by atoms with E-state index in [1.54, 1.807) is 0 Å². The number of rotatable bonds is 39. The zero-order valence-electron chi connectivity index (χ0n) is 35.8. The van der Waals surface area contributed by atoms with Crippen LogP contribution in [0.25, 0.3) is 0 Å². The summed E-state index contributed by atoms with van der Waals surface area (Å²) in [5.41, 5.74) is 0. The highest BCUT2D eigenvalue weighted by Gasteiger charge is 2.20. The van der Waals surface area contributed by atoms with Crippen molar-refractivity contribution in [1.29, 1.82) is 0 Å². The second kappa shape index (κ2) is 38.8. The number of unbranched alkanes of at least 4 members (excludes halogenated alkanes) is 13. The average molecular weight is 792 g/mol. The minimum Gasteiger partial charge on any atom is -0.756 e. The molecule has 0 saturated carbocycles. The third kappa shape index (κ3) is 42.9. The average Bonchev–Trinajstić information content (AvgIpc) is 3.13. The van der Waals surface area contributed by atoms with Gasteiger partial charge in [-0.15, -0.1) is 0 Å². The highest BCUT2D eigenvalue weighted by atomic mass is 31.2. The van der Waals surface area contributed by atoms with Crippen molar-refractivity contribution in [3.05, 3.63) is 72.9 Å². The summed E-state index contributed by atoms with van der Waals surface area (Å²) in [4.78, 5) is 25.0. The minimum absolute atomic E-state index is 0.0102. The lowest BCUT2D eigenvalue weighted by atomic mass is 10.0. The van der Waals surface area contributed by atoms with Crippen LogP contribution < -0.4 is 4.89 Å². The van der Waals surface area contributed by atoms with E-state index >= 15 is 0 Å². The number of esters is 1. The van der Waals surface area contributed by atoms with Crippen molar-refractivity contribution in [2.24, 2.45) is 0 Å². The molecule has 0 spiro atoms. The molecule has 0 radical (unpaired) electrons. The molecule has 0 aliphatic rings. The summed E-state index contributed by atoms with van der Waals surface area (Å²) in [6.45, 7) is 5.19. The van der Waals surface area contributed by atoms with Gasteiger partial charge in [-0.05, 0) is 51.4 Å². The van der Waals surface area contributed by atoms with Crippen LogP contribution >= 0.6 is 7.82 Å². The highest BCUT2D eigenvalue weighted by Crippen LogP contribution is 2.38. The Balaban J connectivity index is 4.39. The lowest BCUT2D eigenvalue weighted by Gasteiger charge is -2.28. The van der Waals surface area contributed by atoms with Crippen molar-refractivity contribution in [2.75, 3.05) is 54.1 Å². The van der Waals surface area contributed by atoms with Crippen LogP contribution in [0.2, 0.25) is 0 Å². The molecule has 1 unspecified atom stereocenters. The smallest absolute Gasteiger partial charge is 0.306 e. The molecule has 0 N–H and O–H groups in total. The van der Waals surface area contributed by atoms with E-state index in [0.29, 0.717) is 24.1 Å². The van der Waals surface area contributed by atoms with Crippen molar-refractivity contribution in [2.45, 2.75) is 161 Å². The maximum Gasteiger partial charge on any atom is 0.306 e. The van der Waals surface area contributed by atoms with E-state index < -0.39 is 19.9 Å². The molecule has 0 fully saturated rings. The zero-order valence-corrected chi connectivity index (χ0v) is 36.7. The van der Waals surface area contributed by atoms with Gasteiger partial charge in [0.05, 0.1) is 34.4 Å². The number of carbonyl (C=O) groups excluding carboxylic acids is 1. The number of allylic oxidation sites excluding steroid dienone is 12. The van der Waals surface area contributed by atoms with Crippen molar-refractivity contribution >= 4 is 13.8 Å². The molecule has 0 aromatic heterocycles. The monoisotopic (exact) mass is 792 g/mol. The Kier molecular flexibility index (Phi) is 37.3. The second-order valence-corrected chi connectivity index (χ2v) is 16.7. The standard InChI is InChI=1S/C46H82NO7P/c1-6-8-10-12-14-16-18-20-22-23-24-25-26-27-29-31-33-35-37-39-46(48)54-45(44-53-55(49,50)52-42-40-47(3,4)5)43-51-41-38-36-34-32-30-28-21-19-17-15-13-11-9-7-2/h8,10,14,16,20,22,24-25,27,29,33,35,45H,6-7,9,11-13,15,17-19,21,23,26,28,30-32,34,36-44H2,1-5H3/b10-8-,16-14-,22-20+,25-24-,29-27-,35-33-/t45-/m1/s1. The van der Waals surface area contributed by atoms with E-state index in [1.165, 1.54) is 77.0 Å². The summed E-state index contributed by atoms with van der Waals surface area (Å²) in [6.07, 6.45) is 49.3. The van der Waals surface area contributed by atoms with Gasteiger partial charge in [-0.1, -0.05) is 170 Å². The van der Waals surface area contributed by atoms with Gasteiger partial charge in [0.15, 0.2) is 0 Å². The molecule has 0 aromatic carbocycles. The molecule has 55 heavy (non-hydrogen) atoms. The molecule has 0 amide bonds. The zero-order chi connectivity index (χ0) is 40.6. The van der Waals surface area contributed by atoms with Crippen LogP contribution in [0.3, 0.4) is 0 Å². The number of phosphoric ester groups is 1. The molecular formula is C46H82NO7P. The molecule has 0 bridgehead atoms. The van der Waals surface area contributed by atoms with E-state index in [2.05, 4.69) is 74.6 Å². The topological polar surface area (TPSA) is 94.1 Å². The van der Waals surface area contributed by atoms with Crippen molar-refractivity contribution < 1.29 is 37.3 Å². The Labute approximate surface area is 338 Å². The minimum atomic E-state index is -4.55. The van der Waals surface area contributed by atoms with Gasteiger partial charge < -0.3 is 27.9 Å². The number of hydrogen-bond donors (Lipinski definition) is 0. The SMILES string of the molecule is CC/C=C\C/C=C\C/C=C/C/C=C\C/C=C\C/C=C\CCC(=O)O[C@H](COCCCCCCCCCCCCCCCC)COP(=O)([O-])OCC[N+](C)(C)C. The summed E-state index contributed by atoms with van der Waals surface area (Å²) in [5, 5.41) is 0. The van der Waals surface area contributed by atoms with E-state index in [9.17, 15) is 14.3 Å². The van der Waals surface area contributed by atoms with Gasteiger partial charge in [0.25, 0.3) is 7.82 Å². The number of phosphoric acid groups is 1. The van der Waals surface area contributed by atoms with Crippen LogP contribution in [0, 0.1) is 0 Å². The van der Waals surface area contributed by atoms with Gasteiger partial charge in [0, 0.05) is 13.0 Å². The Morgan fingerprint density at radius 1 is 0.582 bits per heavy atom. The predicted octanol–water partition coefficient (Wildman–Crippen LogP) is 12.1. The number of carbonyl (C=O) groups is 1. The van der Waals surface area contributed by atoms with Gasteiger partial charge in [-0.2, -0.15) is 0 Å². The lowest BCUT2D eigenvalue weighted by Crippen LogP contribution is -2.37. The van der Waals surface area contributed by atoms with Gasteiger partial charge in [0.1, 0.15) is 19.3 Å². The summed E-state index contributed by atoms with van der Waals surface area (Å²) in [5.74, 6) is -0.417. The van der Waals surface area contributed by atoms with Crippen molar-refractivity contribution in [1.82, 2.24) is 0 Å². The Morgan fingerprint density at radius 2 is 1.02 bits per heavy atom. The van der Waals surface area contributed by atoms with Crippen LogP contribution in [0.4, 0.5) is 0 Å². The predicted molar refractivity (Wildman–Crippen MR) is 231 cm³/mol. The normalized spacial score (nSPS) is 14.5. The quantitative estimate of drug-likeness (QED) is 0.0201. The first-order valence-corrected chi connectivity index (χ1v) is 23.1. The van der Waals surface area contributed by atoms with Crippen LogP contribution in [0.1, 0.15) is 155 Å². The van der Waals surface area contributed by atoms with Crippen LogP contribution in [-0.4, -0.2) is 70.7 Å². The number of ether oxygens (including phenoxy) is 2. The molecule has 8 nitrogen and oxygen atoms in total. The van der Waals surface area contributed by atoms with Crippen LogP contribution in [-0.2, 0) is 27.9 Å². The first kappa shape index (κ1) is 52.9. The third-order valence-electron chi connectivity index (χ3n) is 8.79. The molecule has 0 aliphatic carbocycles. The van der Waals surface area contributed by atoms with Crippen molar-refractivity contribution in [3.63, 3.8) is 0 Å². The first-order chi connectivity index (χ1) is 26.6. The van der Waals surface area contributed by atoms with E-state index in [1.807, 2.05) is 33.3 Å². The Morgan fingerprint density at radius 3 is 1.47 bits per heavy atom. The van der Waals surface area contributed by atoms with Gasteiger partial charge in [-0.25, -0.2) is 0 Å². The fourth-order valence-electron chi connectivity index (χ4n) is 5.45.